The summed E-state index contributed by atoms with van der Waals surface area (Å²) in [4.78, 5) is 1.57. The highest BCUT2D eigenvalue weighted by Crippen LogP contribution is 2.21. The molecule has 0 aromatic rings. The summed E-state index contributed by atoms with van der Waals surface area (Å²) in [6.07, 6.45) is 0.956. The molecule has 1 aliphatic heterocycles. The average Bonchev–Trinajstić information content (AvgIpc) is 2.28. The van der Waals surface area contributed by atoms with Crippen molar-refractivity contribution >= 4 is 0 Å². The van der Waals surface area contributed by atoms with Crippen molar-refractivity contribution in [2.45, 2.75) is 64.2 Å². The van der Waals surface area contributed by atoms with Crippen LogP contribution in [0.15, 0.2) is 0 Å². The fraction of sp³-hybridized carbons (Fsp3) is 1.00. The number of hydrogen-bond acceptors (Lipinski definition) is 2. The van der Waals surface area contributed by atoms with Crippen LogP contribution in [0.5, 0.6) is 0 Å². The van der Waals surface area contributed by atoms with Gasteiger partial charge in [0.2, 0.25) is 0 Å². The third-order valence-corrected chi connectivity index (χ3v) is 3.55. The molecule has 0 spiro atoms. The zero-order chi connectivity index (χ0) is 13.6. The van der Waals surface area contributed by atoms with Crippen molar-refractivity contribution in [1.82, 2.24) is 10.2 Å². The molecule has 1 aliphatic rings. The fourth-order valence-electron chi connectivity index (χ4n) is 2.66. The second-order valence-corrected chi connectivity index (χ2v) is 5.32. The lowest BCUT2D eigenvalue weighted by Gasteiger charge is -2.33. The molecular weight excluding hydrogens is 241 g/mol. The van der Waals surface area contributed by atoms with Crippen molar-refractivity contribution < 1.29 is 13.2 Å². The van der Waals surface area contributed by atoms with Gasteiger partial charge in [0.15, 0.2) is 0 Å². The van der Waals surface area contributed by atoms with Gasteiger partial charge in [0.1, 0.15) is 0 Å². The van der Waals surface area contributed by atoms with Crippen LogP contribution in [0.25, 0.3) is 0 Å². The molecule has 0 amide bonds. The van der Waals surface area contributed by atoms with E-state index in [-0.39, 0.29) is 6.04 Å². The number of nitrogens with one attached hydrogen (secondary N) is 1. The molecule has 1 rings (SSSR count). The maximum atomic E-state index is 12.5. The van der Waals surface area contributed by atoms with Gasteiger partial charge in [-0.05, 0) is 45.7 Å². The first-order valence-electron chi connectivity index (χ1n) is 6.96. The summed E-state index contributed by atoms with van der Waals surface area (Å²) in [5.74, 6) is 0. The molecule has 1 N–H and O–H groups in total. The van der Waals surface area contributed by atoms with Crippen molar-refractivity contribution in [2.24, 2.45) is 0 Å². The van der Waals surface area contributed by atoms with Gasteiger partial charge in [-0.1, -0.05) is 13.3 Å². The Morgan fingerprint density at radius 2 is 2.06 bits per heavy atom. The van der Waals surface area contributed by atoms with Crippen LogP contribution in [0, 0.1) is 0 Å². The van der Waals surface area contributed by atoms with E-state index in [1.165, 1.54) is 12.8 Å². The molecule has 1 saturated heterocycles. The van der Waals surface area contributed by atoms with E-state index >= 15 is 0 Å². The van der Waals surface area contributed by atoms with E-state index in [0.29, 0.717) is 12.6 Å². The van der Waals surface area contributed by atoms with Crippen LogP contribution >= 0.6 is 0 Å². The Morgan fingerprint density at radius 1 is 1.33 bits per heavy atom. The lowest BCUT2D eigenvalue weighted by molar-refractivity contribution is -0.150. The average molecular weight is 266 g/mol. The summed E-state index contributed by atoms with van der Waals surface area (Å²) in [6.45, 7) is 4.58. The van der Waals surface area contributed by atoms with E-state index in [1.807, 2.05) is 13.8 Å². The largest absolute Gasteiger partial charge is 0.401 e. The Bertz CT molecular complexity index is 225. The molecule has 108 valence electrons. The second-order valence-electron chi connectivity index (χ2n) is 5.32. The summed E-state index contributed by atoms with van der Waals surface area (Å²) in [6, 6.07) is 0.378. The SMILES string of the molecule is CCCN(CC(F)(F)F)C(C)CC1CCCCN1. The fourth-order valence-corrected chi connectivity index (χ4v) is 2.66. The summed E-state index contributed by atoms with van der Waals surface area (Å²) in [7, 11) is 0. The maximum Gasteiger partial charge on any atom is 0.401 e. The predicted molar refractivity (Wildman–Crippen MR) is 67.6 cm³/mol. The summed E-state index contributed by atoms with van der Waals surface area (Å²) in [5, 5.41) is 3.40. The molecule has 1 heterocycles. The molecule has 0 aliphatic carbocycles. The van der Waals surface area contributed by atoms with Gasteiger partial charge in [-0.3, -0.25) is 4.90 Å². The minimum Gasteiger partial charge on any atom is -0.314 e. The van der Waals surface area contributed by atoms with Crippen LogP contribution in [0.4, 0.5) is 13.2 Å². The number of hydrogen-bond donors (Lipinski definition) is 1. The van der Waals surface area contributed by atoms with Crippen molar-refractivity contribution in [3.63, 3.8) is 0 Å². The lowest BCUT2D eigenvalue weighted by Crippen LogP contribution is -2.45. The highest BCUT2D eigenvalue weighted by atomic mass is 19.4. The number of piperidine rings is 1. The van der Waals surface area contributed by atoms with Crippen molar-refractivity contribution in [3.8, 4) is 0 Å². The highest BCUT2D eigenvalue weighted by molar-refractivity contribution is 4.79. The first kappa shape index (κ1) is 15.8. The minimum absolute atomic E-state index is 0.0119. The molecule has 2 unspecified atom stereocenters. The molecule has 0 saturated carbocycles. The van der Waals surface area contributed by atoms with E-state index in [1.54, 1.807) is 4.90 Å². The minimum atomic E-state index is -4.09. The standard InChI is InChI=1S/C13H25F3N2/c1-3-8-18(10-13(14,15)16)11(2)9-12-6-4-5-7-17-12/h11-12,17H,3-10H2,1-2H3. The Balaban J connectivity index is 2.44. The maximum absolute atomic E-state index is 12.5. The normalized spacial score (nSPS) is 23.3. The van der Waals surface area contributed by atoms with E-state index in [0.717, 1.165) is 25.8 Å². The van der Waals surface area contributed by atoms with Gasteiger partial charge in [0.05, 0.1) is 6.54 Å². The van der Waals surface area contributed by atoms with Crippen LogP contribution < -0.4 is 5.32 Å². The number of alkyl halides is 3. The van der Waals surface area contributed by atoms with Crippen LogP contribution in [0.1, 0.15) is 46.0 Å². The molecular formula is C13H25F3N2. The van der Waals surface area contributed by atoms with Gasteiger partial charge in [0.25, 0.3) is 0 Å². The first-order chi connectivity index (χ1) is 8.42. The number of halogens is 3. The van der Waals surface area contributed by atoms with Gasteiger partial charge in [-0.25, -0.2) is 0 Å². The van der Waals surface area contributed by atoms with Crippen LogP contribution in [0.2, 0.25) is 0 Å². The first-order valence-corrected chi connectivity index (χ1v) is 6.96. The van der Waals surface area contributed by atoms with E-state index < -0.39 is 12.7 Å². The monoisotopic (exact) mass is 266 g/mol. The third kappa shape index (κ3) is 6.05. The molecule has 0 aromatic heterocycles. The Labute approximate surface area is 108 Å². The van der Waals surface area contributed by atoms with Crippen molar-refractivity contribution in [2.75, 3.05) is 19.6 Å². The molecule has 18 heavy (non-hydrogen) atoms. The second kappa shape index (κ2) is 7.34. The quantitative estimate of drug-likeness (QED) is 0.794. The van der Waals surface area contributed by atoms with Crippen LogP contribution in [-0.4, -0.2) is 42.8 Å². The van der Waals surface area contributed by atoms with Gasteiger partial charge in [0, 0.05) is 12.1 Å². The van der Waals surface area contributed by atoms with E-state index in [2.05, 4.69) is 5.32 Å². The van der Waals surface area contributed by atoms with Crippen molar-refractivity contribution in [3.05, 3.63) is 0 Å². The number of rotatable bonds is 6. The molecule has 0 radical (unpaired) electrons. The molecule has 2 atom stereocenters. The van der Waals surface area contributed by atoms with E-state index in [9.17, 15) is 13.2 Å². The molecule has 0 bridgehead atoms. The molecule has 1 fully saturated rings. The predicted octanol–water partition coefficient (Wildman–Crippen LogP) is 3.18. The zero-order valence-corrected chi connectivity index (χ0v) is 11.4. The topological polar surface area (TPSA) is 15.3 Å². The Kier molecular flexibility index (Phi) is 6.43. The Hall–Kier alpha value is -0.290. The van der Waals surface area contributed by atoms with Crippen LogP contribution in [-0.2, 0) is 0 Å². The van der Waals surface area contributed by atoms with Gasteiger partial charge < -0.3 is 5.32 Å². The zero-order valence-electron chi connectivity index (χ0n) is 11.4. The van der Waals surface area contributed by atoms with Crippen LogP contribution in [0.3, 0.4) is 0 Å². The Morgan fingerprint density at radius 3 is 2.56 bits per heavy atom. The smallest absolute Gasteiger partial charge is 0.314 e. The van der Waals surface area contributed by atoms with Gasteiger partial charge >= 0.3 is 6.18 Å². The lowest BCUT2D eigenvalue weighted by atomic mass is 9.98. The highest BCUT2D eigenvalue weighted by Gasteiger charge is 2.32. The van der Waals surface area contributed by atoms with Gasteiger partial charge in [-0.2, -0.15) is 13.2 Å². The van der Waals surface area contributed by atoms with Gasteiger partial charge in [-0.15, -0.1) is 0 Å². The summed E-state index contributed by atoms with van der Waals surface area (Å²) >= 11 is 0. The molecule has 0 aromatic carbocycles. The molecule has 2 nitrogen and oxygen atoms in total. The molecule has 5 heteroatoms. The summed E-state index contributed by atoms with van der Waals surface area (Å²) in [5.41, 5.74) is 0. The third-order valence-electron chi connectivity index (χ3n) is 3.55. The summed E-state index contributed by atoms with van der Waals surface area (Å²) < 4.78 is 37.5. The number of nitrogens with zero attached hydrogens (tertiary/aromatic N) is 1. The van der Waals surface area contributed by atoms with Crippen molar-refractivity contribution in [1.29, 1.82) is 0 Å². The van der Waals surface area contributed by atoms with E-state index in [4.69, 9.17) is 0 Å².